The molecular formula is C25H25N3O3S2. The standard InChI is InChI=1S/C25H25N3O3S2/c29-22(26-13-12-16-6-2-1-3-7-16)15-32-25-27-20-11-10-17(14-21(20)33-25)28-23(30)18-8-4-5-9-19(18)24(28)31/h1-3,6-7,10-11,14,18-19H,4-5,8-9,12-13,15H2,(H,26,29)/t18-,19-/m1/s1. The van der Waals surface area contributed by atoms with Gasteiger partial charge in [0.05, 0.1) is 33.5 Å². The van der Waals surface area contributed by atoms with Crippen molar-refractivity contribution in [3.05, 3.63) is 54.1 Å². The predicted octanol–water partition coefficient (Wildman–Crippen LogP) is 4.43. The number of imide groups is 1. The molecule has 1 aliphatic carbocycles. The molecule has 170 valence electrons. The van der Waals surface area contributed by atoms with E-state index in [1.165, 1.54) is 33.6 Å². The quantitative estimate of drug-likeness (QED) is 0.401. The molecule has 1 saturated carbocycles. The molecule has 2 aliphatic rings. The first-order chi connectivity index (χ1) is 16.1. The van der Waals surface area contributed by atoms with Gasteiger partial charge in [-0.15, -0.1) is 11.3 Å². The summed E-state index contributed by atoms with van der Waals surface area (Å²) in [5.41, 5.74) is 2.64. The number of hydrogen-bond donors (Lipinski definition) is 1. The molecule has 2 heterocycles. The first-order valence-electron chi connectivity index (χ1n) is 11.3. The summed E-state index contributed by atoms with van der Waals surface area (Å²) in [4.78, 5) is 44.0. The molecule has 1 saturated heterocycles. The van der Waals surface area contributed by atoms with Crippen molar-refractivity contribution in [2.45, 2.75) is 36.4 Å². The van der Waals surface area contributed by atoms with Crippen molar-refractivity contribution in [1.82, 2.24) is 10.3 Å². The number of fused-ring (bicyclic) bond motifs is 2. The second-order valence-electron chi connectivity index (χ2n) is 8.52. The smallest absolute Gasteiger partial charge is 0.237 e. The highest BCUT2D eigenvalue weighted by Crippen LogP contribution is 2.41. The largest absolute Gasteiger partial charge is 0.355 e. The van der Waals surface area contributed by atoms with Crippen LogP contribution in [0.4, 0.5) is 5.69 Å². The van der Waals surface area contributed by atoms with E-state index in [-0.39, 0.29) is 29.6 Å². The van der Waals surface area contributed by atoms with Gasteiger partial charge in [-0.05, 0) is 43.0 Å². The van der Waals surface area contributed by atoms with Crippen molar-refractivity contribution in [1.29, 1.82) is 0 Å². The minimum Gasteiger partial charge on any atom is -0.355 e. The third kappa shape index (κ3) is 4.68. The Bertz CT molecular complexity index is 1170. The Labute approximate surface area is 200 Å². The van der Waals surface area contributed by atoms with Crippen LogP contribution in [0.15, 0.2) is 52.9 Å². The van der Waals surface area contributed by atoms with Crippen molar-refractivity contribution in [3.8, 4) is 0 Å². The predicted molar refractivity (Wildman–Crippen MR) is 131 cm³/mol. The maximum Gasteiger partial charge on any atom is 0.237 e. The summed E-state index contributed by atoms with van der Waals surface area (Å²) >= 11 is 2.89. The lowest BCUT2D eigenvalue weighted by molar-refractivity contribution is -0.122. The Hall–Kier alpha value is -2.71. The van der Waals surface area contributed by atoms with E-state index < -0.39 is 0 Å². The van der Waals surface area contributed by atoms with E-state index in [0.717, 1.165) is 46.7 Å². The third-order valence-electron chi connectivity index (χ3n) is 6.36. The van der Waals surface area contributed by atoms with Crippen LogP contribution in [-0.2, 0) is 20.8 Å². The molecule has 1 aliphatic heterocycles. The topological polar surface area (TPSA) is 79.4 Å². The van der Waals surface area contributed by atoms with Crippen molar-refractivity contribution >= 4 is 56.7 Å². The van der Waals surface area contributed by atoms with Crippen LogP contribution in [0.1, 0.15) is 31.2 Å². The van der Waals surface area contributed by atoms with Crippen LogP contribution >= 0.6 is 23.1 Å². The number of aromatic nitrogens is 1. The van der Waals surface area contributed by atoms with Gasteiger partial charge < -0.3 is 5.32 Å². The van der Waals surface area contributed by atoms with Crippen LogP contribution in [0.3, 0.4) is 0 Å². The maximum absolute atomic E-state index is 12.9. The van der Waals surface area contributed by atoms with Gasteiger partial charge in [0.2, 0.25) is 17.7 Å². The minimum atomic E-state index is -0.157. The number of rotatable bonds is 7. The number of thioether (sulfide) groups is 1. The Morgan fingerprint density at radius 3 is 2.52 bits per heavy atom. The molecular weight excluding hydrogens is 454 g/mol. The van der Waals surface area contributed by atoms with Crippen LogP contribution in [0.2, 0.25) is 0 Å². The highest BCUT2D eigenvalue weighted by atomic mass is 32.2. The number of amides is 3. The normalized spacial score (nSPS) is 20.3. The fourth-order valence-corrected chi connectivity index (χ4v) is 6.61. The lowest BCUT2D eigenvalue weighted by Crippen LogP contribution is -2.30. The van der Waals surface area contributed by atoms with Gasteiger partial charge in [0, 0.05) is 6.54 Å². The highest BCUT2D eigenvalue weighted by molar-refractivity contribution is 8.01. The second kappa shape index (κ2) is 9.65. The number of nitrogens with one attached hydrogen (secondary N) is 1. The lowest BCUT2D eigenvalue weighted by atomic mass is 9.81. The first kappa shape index (κ1) is 22.1. The van der Waals surface area contributed by atoms with Crippen molar-refractivity contribution in [2.75, 3.05) is 17.2 Å². The number of carbonyl (C=O) groups excluding carboxylic acids is 3. The number of hydrogen-bond acceptors (Lipinski definition) is 6. The van der Waals surface area contributed by atoms with Crippen LogP contribution in [-0.4, -0.2) is 35.0 Å². The Balaban J connectivity index is 1.20. The van der Waals surface area contributed by atoms with E-state index in [2.05, 4.69) is 10.3 Å². The Morgan fingerprint density at radius 1 is 1.06 bits per heavy atom. The number of carbonyl (C=O) groups is 3. The van der Waals surface area contributed by atoms with Gasteiger partial charge in [0.1, 0.15) is 0 Å². The van der Waals surface area contributed by atoms with E-state index in [4.69, 9.17) is 0 Å². The van der Waals surface area contributed by atoms with E-state index in [1.54, 1.807) is 6.07 Å². The van der Waals surface area contributed by atoms with Crippen LogP contribution in [0, 0.1) is 11.8 Å². The van der Waals surface area contributed by atoms with Crippen molar-refractivity contribution in [3.63, 3.8) is 0 Å². The van der Waals surface area contributed by atoms with E-state index >= 15 is 0 Å². The zero-order valence-corrected chi connectivity index (χ0v) is 19.8. The summed E-state index contributed by atoms with van der Waals surface area (Å²) in [7, 11) is 0. The van der Waals surface area contributed by atoms with Gasteiger partial charge in [-0.3, -0.25) is 19.3 Å². The number of thiazole rings is 1. The van der Waals surface area contributed by atoms with E-state index in [1.807, 2.05) is 42.5 Å². The molecule has 8 heteroatoms. The molecule has 0 radical (unpaired) electrons. The molecule has 0 unspecified atom stereocenters. The van der Waals surface area contributed by atoms with E-state index in [9.17, 15) is 14.4 Å². The first-order valence-corrected chi connectivity index (χ1v) is 13.1. The monoisotopic (exact) mass is 479 g/mol. The summed E-state index contributed by atoms with van der Waals surface area (Å²) in [5.74, 6) is -0.157. The summed E-state index contributed by atoms with van der Waals surface area (Å²) in [6, 6.07) is 15.6. The Morgan fingerprint density at radius 2 is 1.79 bits per heavy atom. The van der Waals surface area contributed by atoms with Gasteiger partial charge in [0.25, 0.3) is 0 Å². The number of benzene rings is 2. The zero-order chi connectivity index (χ0) is 22.8. The molecule has 1 N–H and O–H groups in total. The molecule has 1 aromatic heterocycles. The molecule has 2 aromatic carbocycles. The van der Waals surface area contributed by atoms with Crippen molar-refractivity contribution in [2.24, 2.45) is 11.8 Å². The molecule has 0 spiro atoms. The molecule has 3 amide bonds. The van der Waals surface area contributed by atoms with Gasteiger partial charge >= 0.3 is 0 Å². The molecule has 3 aromatic rings. The Kier molecular flexibility index (Phi) is 6.46. The maximum atomic E-state index is 12.9. The zero-order valence-electron chi connectivity index (χ0n) is 18.2. The van der Waals surface area contributed by atoms with Crippen LogP contribution < -0.4 is 10.2 Å². The average molecular weight is 480 g/mol. The van der Waals surface area contributed by atoms with Crippen molar-refractivity contribution < 1.29 is 14.4 Å². The van der Waals surface area contributed by atoms with E-state index in [0.29, 0.717) is 18.0 Å². The SMILES string of the molecule is O=C(CSc1nc2ccc(N3C(=O)[C@@H]4CCCC[C@H]4C3=O)cc2s1)NCCc1ccccc1. The summed E-state index contributed by atoms with van der Waals surface area (Å²) < 4.78 is 1.71. The molecule has 5 rings (SSSR count). The third-order valence-corrected chi connectivity index (χ3v) is 8.52. The highest BCUT2D eigenvalue weighted by Gasteiger charge is 2.48. The fraction of sp³-hybridized carbons (Fsp3) is 0.360. The summed E-state index contributed by atoms with van der Waals surface area (Å²) in [6.07, 6.45) is 4.45. The second-order valence-corrected chi connectivity index (χ2v) is 10.8. The summed E-state index contributed by atoms with van der Waals surface area (Å²) in [5, 5.41) is 2.95. The lowest BCUT2D eigenvalue weighted by Gasteiger charge is -2.19. The van der Waals surface area contributed by atoms with Crippen LogP contribution in [0.25, 0.3) is 10.2 Å². The molecule has 0 bridgehead atoms. The molecule has 2 atom stereocenters. The molecule has 2 fully saturated rings. The average Bonchev–Trinajstić information content (AvgIpc) is 3.36. The van der Waals surface area contributed by atoms with Gasteiger partial charge in [0.15, 0.2) is 4.34 Å². The van der Waals surface area contributed by atoms with Gasteiger partial charge in [-0.2, -0.15) is 0 Å². The fourth-order valence-electron chi connectivity index (χ4n) is 4.68. The molecule has 6 nitrogen and oxygen atoms in total. The van der Waals surface area contributed by atoms with Gasteiger partial charge in [-0.1, -0.05) is 54.9 Å². The van der Waals surface area contributed by atoms with Gasteiger partial charge in [-0.25, -0.2) is 4.98 Å². The molecule has 33 heavy (non-hydrogen) atoms. The minimum absolute atomic E-state index is 0.0215. The summed E-state index contributed by atoms with van der Waals surface area (Å²) in [6.45, 7) is 0.604. The van der Waals surface area contributed by atoms with Crippen LogP contribution in [0.5, 0.6) is 0 Å². The number of anilines is 1. The number of nitrogens with zero attached hydrogens (tertiary/aromatic N) is 2.